The third-order valence-corrected chi connectivity index (χ3v) is 9.75. The monoisotopic (exact) mass is 534 g/mol. The molecule has 6 rings (SSSR count). The van der Waals surface area contributed by atoms with Gasteiger partial charge >= 0.3 is 0 Å². The molecule has 2 aromatic heterocycles. The van der Waals surface area contributed by atoms with E-state index in [-0.39, 0.29) is 29.6 Å². The van der Waals surface area contributed by atoms with Crippen molar-refractivity contribution < 1.29 is 17.6 Å². The van der Waals surface area contributed by atoms with Crippen LogP contribution in [0.1, 0.15) is 33.0 Å². The first-order valence-corrected chi connectivity index (χ1v) is 14.1. The summed E-state index contributed by atoms with van der Waals surface area (Å²) in [7, 11) is -3.81. The van der Waals surface area contributed by atoms with Crippen LogP contribution in [-0.2, 0) is 16.4 Å². The summed E-state index contributed by atoms with van der Waals surface area (Å²) in [5, 5.41) is 6.63. The number of Topliss-reactive ketones (excluding diaryl/α,β-unsaturated/α-hetero) is 1. The van der Waals surface area contributed by atoms with Crippen molar-refractivity contribution in [2.24, 2.45) is 5.41 Å². The van der Waals surface area contributed by atoms with E-state index in [9.17, 15) is 17.6 Å². The van der Waals surface area contributed by atoms with Gasteiger partial charge in [0, 0.05) is 24.7 Å². The van der Waals surface area contributed by atoms with Gasteiger partial charge in [-0.2, -0.15) is 9.40 Å². The molecule has 4 aromatic rings. The number of hydrogen-bond acceptors (Lipinski definition) is 6. The molecular formula is C27H23FN4O3S2. The molecule has 0 bridgehead atoms. The number of nitrogens with zero attached hydrogens (tertiary/aromatic N) is 4. The van der Waals surface area contributed by atoms with Gasteiger partial charge in [0.05, 0.1) is 27.9 Å². The van der Waals surface area contributed by atoms with E-state index in [4.69, 9.17) is 0 Å². The molecule has 0 amide bonds. The first-order chi connectivity index (χ1) is 17.8. The van der Waals surface area contributed by atoms with Crippen LogP contribution < -0.4 is 0 Å². The molecule has 3 heterocycles. The molecule has 1 unspecified atom stereocenters. The Morgan fingerprint density at radius 3 is 2.70 bits per heavy atom. The number of carbonyl (C=O) groups excluding carboxylic acids is 1. The average molecular weight is 535 g/mol. The lowest BCUT2D eigenvalue weighted by Crippen LogP contribution is -2.53. The molecule has 0 spiro atoms. The van der Waals surface area contributed by atoms with E-state index in [1.807, 2.05) is 19.1 Å². The van der Waals surface area contributed by atoms with E-state index in [0.29, 0.717) is 23.5 Å². The van der Waals surface area contributed by atoms with E-state index in [0.717, 1.165) is 22.4 Å². The van der Waals surface area contributed by atoms with Crippen LogP contribution in [-0.4, -0.2) is 46.4 Å². The molecule has 0 N–H and O–H groups in total. The number of rotatable bonds is 5. The molecule has 2 aliphatic rings. The van der Waals surface area contributed by atoms with E-state index in [1.54, 1.807) is 52.8 Å². The van der Waals surface area contributed by atoms with Crippen LogP contribution >= 0.6 is 11.3 Å². The minimum atomic E-state index is -3.81. The SMILES string of the molecule is Cc1cccc(S(=O)(=O)N2CCC3=Cc4c(cnn4-c4ccc(F)cc4)CC3(C(=O)c3nccs3)C2)c1. The van der Waals surface area contributed by atoms with Crippen LogP contribution in [0.15, 0.2) is 76.8 Å². The normalized spacial score (nSPS) is 19.7. The quantitative estimate of drug-likeness (QED) is 0.347. The number of carbonyl (C=O) groups is 1. The maximum absolute atomic E-state index is 14.0. The first-order valence-electron chi connectivity index (χ1n) is 11.8. The fourth-order valence-electron chi connectivity index (χ4n) is 5.27. The molecule has 188 valence electrons. The second-order valence-electron chi connectivity index (χ2n) is 9.44. The molecule has 1 saturated heterocycles. The minimum absolute atomic E-state index is 0.0225. The van der Waals surface area contributed by atoms with Crippen molar-refractivity contribution in [1.82, 2.24) is 19.1 Å². The summed E-state index contributed by atoms with van der Waals surface area (Å²) in [5.74, 6) is -0.517. The lowest BCUT2D eigenvalue weighted by molar-refractivity contribution is 0.0775. The van der Waals surface area contributed by atoms with E-state index < -0.39 is 15.4 Å². The molecule has 1 fully saturated rings. The predicted octanol–water partition coefficient (Wildman–Crippen LogP) is 4.68. The van der Waals surface area contributed by atoms with Gasteiger partial charge in [0.2, 0.25) is 15.8 Å². The number of aromatic nitrogens is 3. The molecule has 10 heteroatoms. The molecule has 1 aliphatic heterocycles. The second-order valence-corrected chi connectivity index (χ2v) is 12.3. The lowest BCUT2D eigenvalue weighted by atomic mass is 9.66. The minimum Gasteiger partial charge on any atom is -0.290 e. The summed E-state index contributed by atoms with van der Waals surface area (Å²) in [6.07, 6.45) is 5.95. The first kappa shape index (κ1) is 23.9. The Labute approximate surface area is 218 Å². The van der Waals surface area contributed by atoms with Crippen LogP contribution in [0.5, 0.6) is 0 Å². The maximum atomic E-state index is 14.0. The Bertz CT molecular complexity index is 1640. The predicted molar refractivity (Wildman–Crippen MR) is 139 cm³/mol. The number of aryl methyl sites for hydroxylation is 1. The zero-order chi connectivity index (χ0) is 25.8. The Morgan fingerprint density at radius 1 is 1.16 bits per heavy atom. The topological polar surface area (TPSA) is 85.2 Å². The lowest BCUT2D eigenvalue weighted by Gasteiger charge is -2.44. The van der Waals surface area contributed by atoms with Gasteiger partial charge in [0.25, 0.3) is 0 Å². The fraction of sp³-hybridized carbons (Fsp3) is 0.222. The maximum Gasteiger partial charge on any atom is 0.243 e. The van der Waals surface area contributed by atoms with Gasteiger partial charge in [0.1, 0.15) is 5.82 Å². The highest BCUT2D eigenvalue weighted by Gasteiger charge is 2.51. The third-order valence-electron chi connectivity index (χ3n) is 7.14. The van der Waals surface area contributed by atoms with Crippen molar-refractivity contribution in [1.29, 1.82) is 0 Å². The van der Waals surface area contributed by atoms with Gasteiger partial charge in [-0.25, -0.2) is 22.5 Å². The summed E-state index contributed by atoms with van der Waals surface area (Å²) >= 11 is 1.25. The summed E-state index contributed by atoms with van der Waals surface area (Å²) in [5.41, 5.74) is 2.98. The van der Waals surface area contributed by atoms with Crippen molar-refractivity contribution in [3.63, 3.8) is 0 Å². The van der Waals surface area contributed by atoms with Crippen molar-refractivity contribution >= 4 is 33.2 Å². The molecule has 0 saturated carbocycles. The Balaban J connectivity index is 1.44. The van der Waals surface area contributed by atoms with Gasteiger partial charge in [-0.3, -0.25) is 4.79 Å². The molecule has 2 aromatic carbocycles. The number of thiazole rings is 1. The van der Waals surface area contributed by atoms with Crippen LogP contribution in [0.25, 0.3) is 11.8 Å². The summed E-state index contributed by atoms with van der Waals surface area (Å²) in [6, 6.07) is 12.9. The number of piperidine rings is 1. The van der Waals surface area contributed by atoms with E-state index in [2.05, 4.69) is 10.1 Å². The van der Waals surface area contributed by atoms with Crippen molar-refractivity contribution in [3.8, 4) is 5.69 Å². The fourth-order valence-corrected chi connectivity index (χ4v) is 7.55. The molecule has 1 atom stereocenters. The van der Waals surface area contributed by atoms with Crippen LogP contribution in [0.3, 0.4) is 0 Å². The summed E-state index contributed by atoms with van der Waals surface area (Å²) < 4.78 is 44.0. The van der Waals surface area contributed by atoms with Gasteiger partial charge < -0.3 is 0 Å². The number of benzene rings is 2. The Kier molecular flexibility index (Phi) is 5.70. The van der Waals surface area contributed by atoms with Gasteiger partial charge in [-0.1, -0.05) is 17.7 Å². The summed E-state index contributed by atoms with van der Waals surface area (Å²) in [6.45, 7) is 2.13. The van der Waals surface area contributed by atoms with Gasteiger partial charge in [-0.15, -0.1) is 11.3 Å². The highest BCUT2D eigenvalue weighted by Crippen LogP contribution is 2.47. The van der Waals surface area contributed by atoms with Crippen molar-refractivity contribution in [2.75, 3.05) is 13.1 Å². The third kappa shape index (κ3) is 3.96. The smallest absolute Gasteiger partial charge is 0.243 e. The zero-order valence-electron chi connectivity index (χ0n) is 20.0. The highest BCUT2D eigenvalue weighted by molar-refractivity contribution is 7.89. The van der Waals surface area contributed by atoms with Crippen LogP contribution in [0.4, 0.5) is 4.39 Å². The highest BCUT2D eigenvalue weighted by atomic mass is 32.2. The number of halogens is 1. The molecule has 7 nitrogen and oxygen atoms in total. The molecule has 1 aliphatic carbocycles. The zero-order valence-corrected chi connectivity index (χ0v) is 21.6. The Hall–Kier alpha value is -3.47. The molecule has 0 radical (unpaired) electrons. The number of ketones is 1. The van der Waals surface area contributed by atoms with Crippen molar-refractivity contribution in [2.45, 2.75) is 24.7 Å². The van der Waals surface area contributed by atoms with Crippen LogP contribution in [0.2, 0.25) is 0 Å². The number of fused-ring (bicyclic) bond motifs is 2. The Morgan fingerprint density at radius 2 is 1.97 bits per heavy atom. The number of hydrogen-bond donors (Lipinski definition) is 0. The molecular weight excluding hydrogens is 511 g/mol. The van der Waals surface area contributed by atoms with Gasteiger partial charge in [0.15, 0.2) is 5.01 Å². The van der Waals surface area contributed by atoms with E-state index in [1.165, 1.54) is 27.8 Å². The standard InChI is InChI=1S/C27H23FN4O3S2/c1-18-3-2-4-23(13-18)37(34,35)31-11-9-20-14-24-19(16-30-32(24)22-7-5-21(28)6-8-22)15-27(20,17-31)25(33)26-29-10-12-36-26/h2-8,10,12-14,16H,9,11,15,17H2,1H3. The molecule has 37 heavy (non-hydrogen) atoms. The number of sulfonamides is 1. The van der Waals surface area contributed by atoms with Crippen LogP contribution in [0, 0.1) is 18.2 Å². The average Bonchev–Trinajstić information content (AvgIpc) is 3.57. The van der Waals surface area contributed by atoms with Gasteiger partial charge in [-0.05, 0) is 73.4 Å². The van der Waals surface area contributed by atoms with E-state index >= 15 is 0 Å². The second kappa shape index (κ2) is 8.83. The largest absolute Gasteiger partial charge is 0.290 e. The van der Waals surface area contributed by atoms with Crippen molar-refractivity contribution in [3.05, 3.63) is 99.5 Å². The summed E-state index contributed by atoms with van der Waals surface area (Å²) in [4.78, 5) is 18.5.